The Balaban J connectivity index is 1.65. The number of anilines is 1. The summed E-state index contributed by atoms with van der Waals surface area (Å²) in [6, 6.07) is 2.68. The van der Waals surface area contributed by atoms with E-state index in [2.05, 4.69) is 10.4 Å². The zero-order valence-corrected chi connectivity index (χ0v) is 19.5. The van der Waals surface area contributed by atoms with E-state index in [-0.39, 0.29) is 25.1 Å². The molecular weight excluding hydrogens is 494 g/mol. The lowest BCUT2D eigenvalue weighted by molar-refractivity contribution is -0.143. The summed E-state index contributed by atoms with van der Waals surface area (Å²) < 4.78 is 85.0. The van der Waals surface area contributed by atoms with Gasteiger partial charge in [0.15, 0.2) is 5.82 Å². The highest BCUT2D eigenvalue weighted by atomic mass is 19.4. The summed E-state index contributed by atoms with van der Waals surface area (Å²) in [5, 5.41) is 7.04. The second-order valence-corrected chi connectivity index (χ2v) is 8.49. The van der Waals surface area contributed by atoms with Gasteiger partial charge in [0.2, 0.25) is 5.91 Å². The Hall–Kier alpha value is -3.25. The Labute approximate surface area is 203 Å². The molecule has 13 heteroatoms. The highest BCUT2D eigenvalue weighted by Crippen LogP contribution is 2.36. The summed E-state index contributed by atoms with van der Waals surface area (Å²) in [5.41, 5.74) is -2.79. The zero-order chi connectivity index (χ0) is 26.5. The standard InChI is InChI=1S/C23H26F6N4O3/c1-2-3-4-6-20(34)30-19-12-18-13-32(7-5-8-33(18)31-19)21(35)36-14-15-9-16(22(24,25)26)11-17(10-15)23(27,28)29/h9-12H,2-8,13-14H2,1H3,(H,30,31,34). The van der Waals surface area contributed by atoms with Crippen molar-refractivity contribution in [2.75, 3.05) is 11.9 Å². The molecule has 2 heterocycles. The van der Waals surface area contributed by atoms with Gasteiger partial charge in [0.1, 0.15) is 6.61 Å². The fourth-order valence-electron chi connectivity index (χ4n) is 3.76. The molecule has 36 heavy (non-hydrogen) atoms. The highest BCUT2D eigenvalue weighted by Gasteiger charge is 2.37. The van der Waals surface area contributed by atoms with Gasteiger partial charge in [0.25, 0.3) is 0 Å². The molecule has 0 spiro atoms. The van der Waals surface area contributed by atoms with Crippen LogP contribution >= 0.6 is 0 Å². The van der Waals surface area contributed by atoms with E-state index < -0.39 is 41.7 Å². The number of alkyl halides is 6. The van der Waals surface area contributed by atoms with Crippen LogP contribution in [-0.2, 0) is 41.6 Å². The Morgan fingerprint density at radius 2 is 1.67 bits per heavy atom. The summed E-state index contributed by atoms with van der Waals surface area (Å²) in [6.45, 7) is 2.01. The van der Waals surface area contributed by atoms with E-state index in [9.17, 15) is 35.9 Å². The summed E-state index contributed by atoms with van der Waals surface area (Å²) in [5.74, 6) is 0.164. The first kappa shape index (κ1) is 27.3. The maximum absolute atomic E-state index is 13.1. The molecule has 0 aliphatic carbocycles. The number of aromatic nitrogens is 2. The van der Waals surface area contributed by atoms with Crippen LogP contribution in [0.5, 0.6) is 0 Å². The normalized spacial score (nSPS) is 14.2. The third-order valence-corrected chi connectivity index (χ3v) is 5.56. The number of hydrogen-bond acceptors (Lipinski definition) is 4. The van der Waals surface area contributed by atoms with Gasteiger partial charge >= 0.3 is 18.4 Å². The van der Waals surface area contributed by atoms with Gasteiger partial charge in [-0.2, -0.15) is 31.4 Å². The monoisotopic (exact) mass is 520 g/mol. The van der Waals surface area contributed by atoms with Crippen LogP contribution in [-0.4, -0.2) is 33.2 Å². The number of ether oxygens (including phenoxy) is 1. The number of unbranched alkanes of at least 4 members (excludes halogenated alkanes) is 2. The van der Waals surface area contributed by atoms with Crippen LogP contribution in [0.1, 0.15) is 61.4 Å². The molecule has 1 aliphatic rings. The van der Waals surface area contributed by atoms with Crippen molar-refractivity contribution in [2.45, 2.75) is 71.1 Å². The molecular formula is C23H26F6N4O3. The molecule has 1 aromatic carbocycles. The lowest BCUT2D eigenvalue weighted by Gasteiger charge is -2.20. The van der Waals surface area contributed by atoms with Gasteiger partial charge in [-0.25, -0.2) is 4.79 Å². The lowest BCUT2D eigenvalue weighted by atomic mass is 10.1. The van der Waals surface area contributed by atoms with Crippen molar-refractivity contribution >= 4 is 17.8 Å². The molecule has 1 aliphatic heterocycles. The first-order chi connectivity index (χ1) is 16.9. The number of carbonyl (C=O) groups is 2. The summed E-state index contributed by atoms with van der Waals surface area (Å²) in [7, 11) is 0. The van der Waals surface area contributed by atoms with Gasteiger partial charge in [-0.1, -0.05) is 19.8 Å². The maximum Gasteiger partial charge on any atom is 0.416 e. The molecule has 0 unspecified atom stereocenters. The molecule has 7 nitrogen and oxygen atoms in total. The lowest BCUT2D eigenvalue weighted by Crippen LogP contribution is -2.31. The Morgan fingerprint density at radius 1 is 1.00 bits per heavy atom. The molecule has 0 radical (unpaired) electrons. The smallest absolute Gasteiger partial charge is 0.416 e. The third-order valence-electron chi connectivity index (χ3n) is 5.56. The van der Waals surface area contributed by atoms with Crippen molar-refractivity contribution < 1.29 is 40.7 Å². The van der Waals surface area contributed by atoms with E-state index in [1.807, 2.05) is 6.92 Å². The number of nitrogens with zero attached hydrogens (tertiary/aromatic N) is 3. The number of carbonyl (C=O) groups excluding carboxylic acids is 2. The second kappa shape index (κ2) is 11.2. The van der Waals surface area contributed by atoms with E-state index in [1.54, 1.807) is 10.7 Å². The minimum atomic E-state index is -4.99. The number of halogens is 6. The van der Waals surface area contributed by atoms with Crippen LogP contribution in [0.3, 0.4) is 0 Å². The molecule has 0 bridgehead atoms. The van der Waals surface area contributed by atoms with Crippen LogP contribution < -0.4 is 5.32 Å². The van der Waals surface area contributed by atoms with Gasteiger partial charge in [0, 0.05) is 25.6 Å². The van der Waals surface area contributed by atoms with Crippen LogP contribution in [0.4, 0.5) is 37.0 Å². The summed E-state index contributed by atoms with van der Waals surface area (Å²) >= 11 is 0. The van der Waals surface area contributed by atoms with E-state index in [0.717, 1.165) is 19.3 Å². The van der Waals surface area contributed by atoms with Crippen molar-refractivity contribution in [2.24, 2.45) is 0 Å². The summed E-state index contributed by atoms with van der Waals surface area (Å²) in [4.78, 5) is 25.9. The predicted molar refractivity (Wildman–Crippen MR) is 117 cm³/mol. The number of nitrogens with one attached hydrogen (secondary N) is 1. The minimum absolute atomic E-state index is 0.0153. The topological polar surface area (TPSA) is 76.5 Å². The molecule has 0 saturated heterocycles. The second-order valence-electron chi connectivity index (χ2n) is 8.49. The van der Waals surface area contributed by atoms with Gasteiger partial charge < -0.3 is 15.0 Å². The Kier molecular flexibility index (Phi) is 8.51. The van der Waals surface area contributed by atoms with Crippen molar-refractivity contribution in [3.63, 3.8) is 0 Å². The molecule has 3 rings (SSSR count). The molecule has 2 aromatic rings. The fraction of sp³-hybridized carbons (Fsp3) is 0.522. The van der Waals surface area contributed by atoms with E-state index in [4.69, 9.17) is 4.74 Å². The number of amides is 2. The average molecular weight is 520 g/mol. The van der Waals surface area contributed by atoms with Crippen molar-refractivity contribution in [3.8, 4) is 0 Å². The number of fused-ring (bicyclic) bond motifs is 1. The third kappa shape index (κ3) is 7.37. The number of aryl methyl sites for hydroxylation is 1. The van der Waals surface area contributed by atoms with E-state index >= 15 is 0 Å². The predicted octanol–water partition coefficient (Wildman–Crippen LogP) is 5.98. The number of hydrogen-bond donors (Lipinski definition) is 1. The fourth-order valence-corrected chi connectivity index (χ4v) is 3.76. The quantitative estimate of drug-likeness (QED) is 0.360. The first-order valence-corrected chi connectivity index (χ1v) is 11.4. The highest BCUT2D eigenvalue weighted by molar-refractivity contribution is 5.89. The Bertz CT molecular complexity index is 1050. The van der Waals surface area contributed by atoms with E-state index in [0.29, 0.717) is 43.0 Å². The van der Waals surface area contributed by atoms with Crippen molar-refractivity contribution in [1.82, 2.24) is 14.7 Å². The van der Waals surface area contributed by atoms with Gasteiger partial charge in [-0.3, -0.25) is 9.48 Å². The average Bonchev–Trinajstić information content (AvgIpc) is 3.04. The summed E-state index contributed by atoms with van der Waals surface area (Å²) in [6.07, 6.45) is -7.36. The minimum Gasteiger partial charge on any atom is -0.445 e. The molecule has 0 atom stereocenters. The maximum atomic E-state index is 13.1. The molecule has 0 saturated carbocycles. The van der Waals surface area contributed by atoms with E-state index in [1.165, 1.54) is 4.90 Å². The molecule has 1 aromatic heterocycles. The molecule has 1 N–H and O–H groups in total. The van der Waals surface area contributed by atoms with Crippen molar-refractivity contribution in [3.05, 3.63) is 46.6 Å². The first-order valence-electron chi connectivity index (χ1n) is 11.4. The van der Waals surface area contributed by atoms with Gasteiger partial charge in [-0.15, -0.1) is 0 Å². The van der Waals surface area contributed by atoms with Crippen LogP contribution in [0.25, 0.3) is 0 Å². The van der Waals surface area contributed by atoms with Gasteiger partial charge in [-0.05, 0) is 36.6 Å². The molecule has 198 valence electrons. The van der Waals surface area contributed by atoms with Crippen LogP contribution in [0, 0.1) is 0 Å². The number of rotatable bonds is 7. The SMILES string of the molecule is CCCCCC(=O)Nc1cc2n(n1)CCCN(C(=O)OCc1cc(C(F)(F)F)cc(C(F)(F)F)c1)C2. The Morgan fingerprint density at radius 3 is 2.28 bits per heavy atom. The van der Waals surface area contributed by atoms with Crippen molar-refractivity contribution in [1.29, 1.82) is 0 Å². The largest absolute Gasteiger partial charge is 0.445 e. The number of benzene rings is 1. The molecule has 2 amide bonds. The molecule has 0 fully saturated rings. The van der Waals surface area contributed by atoms with Crippen LogP contribution in [0.2, 0.25) is 0 Å². The van der Waals surface area contributed by atoms with Crippen LogP contribution in [0.15, 0.2) is 24.3 Å². The van der Waals surface area contributed by atoms with Gasteiger partial charge in [0.05, 0.1) is 23.4 Å². The zero-order valence-electron chi connectivity index (χ0n) is 19.5.